The third-order valence-electron chi connectivity index (χ3n) is 2.49. The molecular weight excluding hydrogens is 293 g/mol. The molecule has 0 bridgehead atoms. The van der Waals surface area contributed by atoms with Crippen molar-refractivity contribution >= 4 is 11.9 Å². The molecule has 0 spiro atoms. The molecule has 0 aromatic rings. The fourth-order valence-electron chi connectivity index (χ4n) is 1.30. The zero-order valence-corrected chi connectivity index (χ0v) is 12.6. The molecule has 6 nitrogen and oxygen atoms in total. The number of alkyl halides is 3. The molecule has 0 aromatic heterocycles. The SMILES string of the molecule is CC(C)(C)OC(=O)[C@](N)(C(=O)NCC(F)(F)F)C(C)(C)O. The van der Waals surface area contributed by atoms with Gasteiger partial charge in [0.2, 0.25) is 5.54 Å². The number of halogens is 3. The number of ether oxygens (including phenoxy) is 1. The molecule has 1 atom stereocenters. The number of hydrogen-bond donors (Lipinski definition) is 3. The average Bonchev–Trinajstić information content (AvgIpc) is 2.19. The van der Waals surface area contributed by atoms with Crippen molar-refractivity contribution < 1.29 is 32.6 Å². The summed E-state index contributed by atoms with van der Waals surface area (Å²) in [5.41, 5.74) is -0.245. The van der Waals surface area contributed by atoms with Crippen molar-refractivity contribution in [3.8, 4) is 0 Å². The minimum atomic E-state index is -4.68. The summed E-state index contributed by atoms with van der Waals surface area (Å²) in [5.74, 6) is -2.79. The summed E-state index contributed by atoms with van der Waals surface area (Å²) in [6.45, 7) is 4.85. The highest BCUT2D eigenvalue weighted by Gasteiger charge is 2.56. The van der Waals surface area contributed by atoms with Crippen molar-refractivity contribution in [1.29, 1.82) is 0 Å². The van der Waals surface area contributed by atoms with Crippen molar-refractivity contribution in [2.24, 2.45) is 5.73 Å². The van der Waals surface area contributed by atoms with Crippen LogP contribution in [0.15, 0.2) is 0 Å². The van der Waals surface area contributed by atoms with Crippen molar-refractivity contribution in [3.05, 3.63) is 0 Å². The molecule has 0 aromatic carbocycles. The number of nitrogens with two attached hydrogens (primary N) is 1. The van der Waals surface area contributed by atoms with Crippen LogP contribution in [-0.2, 0) is 14.3 Å². The van der Waals surface area contributed by atoms with Gasteiger partial charge in [-0.2, -0.15) is 13.2 Å². The zero-order valence-electron chi connectivity index (χ0n) is 12.6. The molecule has 0 saturated carbocycles. The second-order valence-corrected chi connectivity index (χ2v) is 6.17. The molecule has 0 aliphatic rings. The van der Waals surface area contributed by atoms with Gasteiger partial charge in [-0.25, -0.2) is 4.79 Å². The molecule has 0 radical (unpaired) electrons. The van der Waals surface area contributed by atoms with Gasteiger partial charge in [-0.3, -0.25) is 4.79 Å². The Balaban J connectivity index is 5.38. The van der Waals surface area contributed by atoms with Crippen LogP contribution < -0.4 is 11.1 Å². The van der Waals surface area contributed by atoms with Crippen LogP contribution >= 0.6 is 0 Å². The Morgan fingerprint density at radius 3 is 1.86 bits per heavy atom. The topological polar surface area (TPSA) is 102 Å². The van der Waals surface area contributed by atoms with Gasteiger partial charge in [0.25, 0.3) is 5.91 Å². The van der Waals surface area contributed by atoms with E-state index in [1.165, 1.54) is 26.1 Å². The van der Waals surface area contributed by atoms with Crippen molar-refractivity contribution in [3.63, 3.8) is 0 Å². The van der Waals surface area contributed by atoms with E-state index in [1.807, 2.05) is 0 Å². The van der Waals surface area contributed by atoms with E-state index >= 15 is 0 Å². The van der Waals surface area contributed by atoms with Crippen molar-refractivity contribution in [2.75, 3.05) is 6.54 Å². The minimum Gasteiger partial charge on any atom is -0.458 e. The molecular formula is C12H21F3N2O4. The zero-order chi connectivity index (χ0) is 17.3. The second-order valence-electron chi connectivity index (χ2n) is 6.17. The Hall–Kier alpha value is -1.35. The number of aliphatic hydroxyl groups is 1. The summed E-state index contributed by atoms with van der Waals surface area (Å²) in [7, 11) is 0. The number of carbonyl (C=O) groups excluding carboxylic acids is 2. The van der Waals surface area contributed by atoms with E-state index in [0.29, 0.717) is 0 Å². The molecule has 0 unspecified atom stereocenters. The molecule has 0 fully saturated rings. The lowest BCUT2D eigenvalue weighted by molar-refractivity contribution is -0.176. The lowest BCUT2D eigenvalue weighted by Crippen LogP contribution is -2.72. The molecule has 21 heavy (non-hydrogen) atoms. The lowest BCUT2D eigenvalue weighted by atomic mass is 9.82. The number of rotatable bonds is 4. The Bertz CT molecular complexity index is 410. The summed E-state index contributed by atoms with van der Waals surface area (Å²) in [6.07, 6.45) is -4.68. The van der Waals surface area contributed by atoms with Gasteiger partial charge in [-0.1, -0.05) is 0 Å². The van der Waals surface area contributed by atoms with Gasteiger partial charge in [0.1, 0.15) is 12.1 Å². The Morgan fingerprint density at radius 2 is 1.57 bits per heavy atom. The Morgan fingerprint density at radius 1 is 1.14 bits per heavy atom. The van der Waals surface area contributed by atoms with Gasteiger partial charge in [0.05, 0.1) is 5.60 Å². The van der Waals surface area contributed by atoms with Crippen LogP contribution in [0.4, 0.5) is 13.2 Å². The smallest absolute Gasteiger partial charge is 0.405 e. The number of nitrogens with one attached hydrogen (secondary N) is 1. The fourth-order valence-corrected chi connectivity index (χ4v) is 1.30. The van der Waals surface area contributed by atoms with Gasteiger partial charge >= 0.3 is 12.1 Å². The number of amides is 1. The third-order valence-corrected chi connectivity index (χ3v) is 2.49. The average molecular weight is 314 g/mol. The standard InChI is InChI=1S/C12H21F3N2O4/c1-9(2,3)21-8(19)12(16,10(4,5)20)7(18)17-6-11(13,14)15/h20H,6,16H2,1-5H3,(H,17,18)/t12-/m1/s1. The van der Waals surface area contributed by atoms with E-state index in [1.54, 1.807) is 0 Å². The molecule has 0 saturated heterocycles. The lowest BCUT2D eigenvalue weighted by Gasteiger charge is -2.38. The van der Waals surface area contributed by atoms with Gasteiger partial charge in [0, 0.05) is 0 Å². The molecule has 4 N–H and O–H groups in total. The largest absolute Gasteiger partial charge is 0.458 e. The minimum absolute atomic E-state index is 1.03. The second kappa shape index (κ2) is 5.80. The van der Waals surface area contributed by atoms with Gasteiger partial charge in [-0.15, -0.1) is 0 Å². The van der Waals surface area contributed by atoms with E-state index in [4.69, 9.17) is 10.5 Å². The van der Waals surface area contributed by atoms with Crippen LogP contribution in [0.2, 0.25) is 0 Å². The summed E-state index contributed by atoms with van der Waals surface area (Å²) in [6, 6.07) is 0. The van der Waals surface area contributed by atoms with Crippen molar-refractivity contribution in [2.45, 2.75) is 57.5 Å². The molecule has 0 heterocycles. The molecule has 124 valence electrons. The number of hydrogen-bond acceptors (Lipinski definition) is 5. The highest BCUT2D eigenvalue weighted by Crippen LogP contribution is 2.24. The summed E-state index contributed by atoms with van der Waals surface area (Å²) in [5, 5.41) is 11.4. The van der Waals surface area contributed by atoms with E-state index in [-0.39, 0.29) is 0 Å². The summed E-state index contributed by atoms with van der Waals surface area (Å²) in [4.78, 5) is 23.9. The third kappa shape index (κ3) is 5.50. The van der Waals surface area contributed by atoms with E-state index in [9.17, 15) is 27.9 Å². The van der Waals surface area contributed by atoms with Crippen LogP contribution in [0.25, 0.3) is 0 Å². The van der Waals surface area contributed by atoms with E-state index in [2.05, 4.69) is 0 Å². The Labute approximate surface area is 120 Å². The maximum absolute atomic E-state index is 12.1. The van der Waals surface area contributed by atoms with Crippen LogP contribution in [0.3, 0.4) is 0 Å². The number of esters is 1. The normalized spacial score (nSPS) is 16.1. The Kier molecular flexibility index (Phi) is 5.43. The quantitative estimate of drug-likeness (QED) is 0.517. The van der Waals surface area contributed by atoms with Crippen LogP contribution in [0.1, 0.15) is 34.6 Å². The predicted molar refractivity (Wildman–Crippen MR) is 68.1 cm³/mol. The first-order valence-electron chi connectivity index (χ1n) is 6.10. The van der Waals surface area contributed by atoms with E-state index < -0.39 is 41.3 Å². The first kappa shape index (κ1) is 19.7. The molecule has 0 aliphatic carbocycles. The summed E-state index contributed by atoms with van der Waals surface area (Å²) < 4.78 is 41.3. The number of carbonyl (C=O) groups is 2. The van der Waals surface area contributed by atoms with Crippen LogP contribution in [0, 0.1) is 0 Å². The van der Waals surface area contributed by atoms with Crippen LogP contribution in [-0.4, -0.2) is 46.4 Å². The van der Waals surface area contributed by atoms with Gasteiger partial charge in [0.15, 0.2) is 0 Å². The van der Waals surface area contributed by atoms with Crippen molar-refractivity contribution in [1.82, 2.24) is 5.32 Å². The van der Waals surface area contributed by atoms with E-state index in [0.717, 1.165) is 13.8 Å². The first-order valence-corrected chi connectivity index (χ1v) is 6.10. The predicted octanol–water partition coefficient (Wildman–Crippen LogP) is 0.475. The molecule has 9 heteroatoms. The maximum Gasteiger partial charge on any atom is 0.405 e. The van der Waals surface area contributed by atoms with Gasteiger partial charge < -0.3 is 20.9 Å². The summed E-state index contributed by atoms with van der Waals surface area (Å²) >= 11 is 0. The molecule has 0 rings (SSSR count). The van der Waals surface area contributed by atoms with Crippen LogP contribution in [0.5, 0.6) is 0 Å². The first-order chi connectivity index (χ1) is 9.01. The maximum atomic E-state index is 12.1. The monoisotopic (exact) mass is 314 g/mol. The fraction of sp³-hybridized carbons (Fsp3) is 0.833. The highest BCUT2D eigenvalue weighted by molar-refractivity contribution is 6.08. The van der Waals surface area contributed by atoms with Gasteiger partial charge in [-0.05, 0) is 34.6 Å². The molecule has 1 amide bonds. The highest BCUT2D eigenvalue weighted by atomic mass is 19.4. The molecule has 0 aliphatic heterocycles.